The maximum absolute atomic E-state index is 13.3. The number of pyridine rings is 1. The fourth-order valence-electron chi connectivity index (χ4n) is 4.33. The normalized spacial score (nSPS) is 12.3. The molecular formula is C25H19NO. The van der Waals surface area contributed by atoms with Crippen LogP contribution in [0.2, 0.25) is 0 Å². The number of carbonyl (C=O) groups is 1. The first-order valence-electron chi connectivity index (χ1n) is 9.20. The average molecular weight is 349 g/mol. The molecule has 1 aromatic heterocycles. The lowest BCUT2D eigenvalue weighted by Crippen LogP contribution is -1.99. The molecule has 1 aliphatic rings. The minimum Gasteiger partial charge on any atom is -0.289 e. The van der Waals surface area contributed by atoms with E-state index in [-0.39, 0.29) is 5.78 Å². The first-order valence-corrected chi connectivity index (χ1v) is 9.20. The van der Waals surface area contributed by atoms with E-state index < -0.39 is 0 Å². The molecule has 130 valence electrons. The Kier molecular flexibility index (Phi) is 3.32. The van der Waals surface area contributed by atoms with Crippen LogP contribution in [-0.4, -0.2) is 10.8 Å². The lowest BCUT2D eigenvalue weighted by Gasteiger charge is -2.14. The van der Waals surface area contributed by atoms with Crippen molar-refractivity contribution in [2.45, 2.75) is 20.8 Å². The van der Waals surface area contributed by atoms with Crippen molar-refractivity contribution in [1.29, 1.82) is 0 Å². The molecule has 3 aromatic carbocycles. The summed E-state index contributed by atoms with van der Waals surface area (Å²) in [7, 11) is 0. The second-order valence-corrected chi connectivity index (χ2v) is 7.43. The minimum atomic E-state index is 0.105. The summed E-state index contributed by atoms with van der Waals surface area (Å²) in [6, 6.07) is 20.4. The van der Waals surface area contributed by atoms with Crippen LogP contribution in [0.5, 0.6) is 0 Å². The Hall–Kier alpha value is -3.26. The van der Waals surface area contributed by atoms with Crippen molar-refractivity contribution in [3.63, 3.8) is 0 Å². The first kappa shape index (κ1) is 16.0. The van der Waals surface area contributed by atoms with Gasteiger partial charge >= 0.3 is 0 Å². The Morgan fingerprint density at radius 2 is 1.48 bits per heavy atom. The van der Waals surface area contributed by atoms with E-state index in [1.54, 1.807) is 0 Å². The predicted molar refractivity (Wildman–Crippen MR) is 110 cm³/mol. The summed E-state index contributed by atoms with van der Waals surface area (Å²) < 4.78 is 0. The molecule has 0 bridgehead atoms. The number of fused-ring (bicyclic) bond motifs is 5. The molecule has 0 saturated heterocycles. The van der Waals surface area contributed by atoms with Gasteiger partial charge in [-0.3, -0.25) is 4.79 Å². The SMILES string of the molecule is Cc1cc(C)cc(-c2nc3ccccc3c3c2-c2c(C)cccc2C3=O)c1. The molecule has 27 heavy (non-hydrogen) atoms. The molecule has 0 atom stereocenters. The number of benzene rings is 3. The summed E-state index contributed by atoms with van der Waals surface area (Å²) in [5.41, 5.74) is 9.93. The fraction of sp³-hybridized carbons (Fsp3) is 0.120. The summed E-state index contributed by atoms with van der Waals surface area (Å²) >= 11 is 0. The third kappa shape index (κ3) is 2.26. The lowest BCUT2D eigenvalue weighted by molar-refractivity contribution is 0.104. The van der Waals surface area contributed by atoms with Crippen LogP contribution < -0.4 is 0 Å². The highest BCUT2D eigenvalue weighted by Crippen LogP contribution is 2.46. The molecule has 0 N–H and O–H groups in total. The minimum absolute atomic E-state index is 0.105. The molecule has 0 saturated carbocycles. The van der Waals surface area contributed by atoms with Crippen molar-refractivity contribution >= 4 is 16.7 Å². The largest absolute Gasteiger partial charge is 0.289 e. The summed E-state index contributed by atoms with van der Waals surface area (Å²) in [4.78, 5) is 18.4. The average Bonchev–Trinajstić information content (AvgIpc) is 2.95. The number of ketones is 1. The van der Waals surface area contributed by atoms with E-state index in [0.29, 0.717) is 0 Å². The number of carbonyl (C=O) groups excluding carboxylic acids is 1. The Bertz CT molecular complexity index is 1250. The number of aromatic nitrogens is 1. The van der Waals surface area contributed by atoms with Gasteiger partial charge in [-0.25, -0.2) is 4.98 Å². The molecule has 2 heteroatoms. The Morgan fingerprint density at radius 1 is 0.741 bits per heavy atom. The van der Waals surface area contributed by atoms with Crippen molar-refractivity contribution in [2.75, 3.05) is 0 Å². The number of aryl methyl sites for hydroxylation is 3. The first-order chi connectivity index (χ1) is 13.0. The summed E-state index contributed by atoms with van der Waals surface area (Å²) in [5, 5.41) is 0.932. The molecule has 0 aliphatic heterocycles. The molecule has 1 heterocycles. The fourth-order valence-corrected chi connectivity index (χ4v) is 4.33. The highest BCUT2D eigenvalue weighted by molar-refractivity contribution is 6.29. The van der Waals surface area contributed by atoms with Gasteiger partial charge in [0.2, 0.25) is 0 Å². The van der Waals surface area contributed by atoms with E-state index in [2.05, 4.69) is 45.0 Å². The molecular weight excluding hydrogens is 330 g/mol. The monoisotopic (exact) mass is 349 g/mol. The van der Waals surface area contributed by atoms with Gasteiger partial charge < -0.3 is 0 Å². The zero-order chi connectivity index (χ0) is 18.7. The number of hydrogen-bond acceptors (Lipinski definition) is 2. The molecule has 0 amide bonds. The van der Waals surface area contributed by atoms with Gasteiger partial charge in [-0.15, -0.1) is 0 Å². The van der Waals surface area contributed by atoms with Gasteiger partial charge in [0.1, 0.15) is 0 Å². The molecule has 0 spiro atoms. The maximum atomic E-state index is 13.3. The summed E-state index contributed by atoms with van der Waals surface area (Å²) in [6.45, 7) is 6.27. The van der Waals surface area contributed by atoms with Crippen molar-refractivity contribution in [2.24, 2.45) is 0 Å². The number of para-hydroxylation sites is 1. The highest BCUT2D eigenvalue weighted by Gasteiger charge is 2.33. The van der Waals surface area contributed by atoms with Gasteiger partial charge in [-0.1, -0.05) is 53.6 Å². The second kappa shape index (κ2) is 5.62. The van der Waals surface area contributed by atoms with Crippen molar-refractivity contribution in [3.8, 4) is 22.4 Å². The van der Waals surface area contributed by atoms with Gasteiger partial charge in [-0.2, -0.15) is 0 Å². The quantitative estimate of drug-likeness (QED) is 0.369. The smallest absolute Gasteiger partial charge is 0.195 e. The Labute approximate surface area is 158 Å². The lowest BCUT2D eigenvalue weighted by atomic mass is 9.93. The van der Waals surface area contributed by atoms with Gasteiger partial charge in [0.15, 0.2) is 5.78 Å². The van der Waals surface area contributed by atoms with E-state index in [9.17, 15) is 4.79 Å². The highest BCUT2D eigenvalue weighted by atomic mass is 16.1. The summed E-state index contributed by atoms with van der Waals surface area (Å²) in [6.07, 6.45) is 0. The van der Waals surface area contributed by atoms with Crippen LogP contribution in [0.25, 0.3) is 33.3 Å². The maximum Gasteiger partial charge on any atom is 0.195 e. The van der Waals surface area contributed by atoms with Crippen LogP contribution in [0.4, 0.5) is 0 Å². The van der Waals surface area contributed by atoms with Crippen LogP contribution in [0.1, 0.15) is 32.6 Å². The van der Waals surface area contributed by atoms with Gasteiger partial charge in [0, 0.05) is 27.6 Å². The topological polar surface area (TPSA) is 30.0 Å². The Morgan fingerprint density at radius 3 is 2.26 bits per heavy atom. The molecule has 1 aliphatic carbocycles. The number of rotatable bonds is 1. The van der Waals surface area contributed by atoms with Gasteiger partial charge in [-0.05, 0) is 50.1 Å². The van der Waals surface area contributed by atoms with E-state index >= 15 is 0 Å². The van der Waals surface area contributed by atoms with Crippen LogP contribution >= 0.6 is 0 Å². The van der Waals surface area contributed by atoms with E-state index in [0.717, 1.165) is 50.0 Å². The van der Waals surface area contributed by atoms with Crippen LogP contribution in [-0.2, 0) is 0 Å². The third-order valence-corrected chi connectivity index (χ3v) is 5.38. The molecule has 2 nitrogen and oxygen atoms in total. The third-order valence-electron chi connectivity index (χ3n) is 5.38. The zero-order valence-corrected chi connectivity index (χ0v) is 15.6. The van der Waals surface area contributed by atoms with Gasteiger partial charge in [0.25, 0.3) is 0 Å². The van der Waals surface area contributed by atoms with Crippen LogP contribution in [0, 0.1) is 20.8 Å². The molecule has 0 fully saturated rings. The standard InChI is InChI=1S/C25H19NO/c1-14-11-15(2)13-17(12-14)24-23-21-16(3)7-6-9-19(21)25(27)22(23)18-8-4-5-10-20(18)26-24/h4-13H,1-3H3. The number of nitrogens with zero attached hydrogens (tertiary/aromatic N) is 1. The van der Waals surface area contributed by atoms with Crippen LogP contribution in [0.15, 0.2) is 60.7 Å². The predicted octanol–water partition coefficient (Wildman–Crippen LogP) is 6.04. The van der Waals surface area contributed by atoms with E-state index in [1.165, 1.54) is 11.1 Å². The van der Waals surface area contributed by atoms with Crippen molar-refractivity contribution < 1.29 is 4.79 Å². The van der Waals surface area contributed by atoms with Crippen molar-refractivity contribution in [1.82, 2.24) is 4.98 Å². The van der Waals surface area contributed by atoms with Crippen LogP contribution in [0.3, 0.4) is 0 Å². The molecule has 4 aromatic rings. The summed E-state index contributed by atoms with van der Waals surface area (Å²) in [5.74, 6) is 0.105. The Balaban J connectivity index is 1.98. The van der Waals surface area contributed by atoms with Crippen molar-refractivity contribution in [3.05, 3.63) is 88.5 Å². The molecule has 0 radical (unpaired) electrons. The second-order valence-electron chi connectivity index (χ2n) is 7.43. The van der Waals surface area contributed by atoms with E-state index in [1.807, 2.05) is 36.4 Å². The number of hydrogen-bond donors (Lipinski definition) is 0. The molecule has 5 rings (SSSR count). The zero-order valence-electron chi connectivity index (χ0n) is 15.6. The van der Waals surface area contributed by atoms with E-state index in [4.69, 9.17) is 4.98 Å². The molecule has 0 unspecified atom stereocenters. The van der Waals surface area contributed by atoms with Gasteiger partial charge in [0.05, 0.1) is 11.2 Å².